The van der Waals surface area contributed by atoms with E-state index in [1.807, 2.05) is 0 Å². The molecule has 2 aromatic rings. The van der Waals surface area contributed by atoms with Gasteiger partial charge in [-0.1, -0.05) is 11.6 Å². The van der Waals surface area contributed by atoms with Crippen LogP contribution in [0.15, 0.2) is 35.0 Å². The summed E-state index contributed by atoms with van der Waals surface area (Å²) in [5.74, 6) is -0.474. The summed E-state index contributed by atoms with van der Waals surface area (Å²) in [4.78, 5) is 11.3. The first kappa shape index (κ1) is 12.5. The van der Waals surface area contributed by atoms with Crippen molar-refractivity contribution in [2.24, 2.45) is 5.73 Å². The summed E-state index contributed by atoms with van der Waals surface area (Å²) < 4.78 is 10.0. The Kier molecular flexibility index (Phi) is 3.58. The first-order valence-corrected chi connectivity index (χ1v) is 5.80. The Morgan fingerprint density at radius 2 is 2.33 bits per heavy atom. The smallest absolute Gasteiger partial charge is 0.332 e. The van der Waals surface area contributed by atoms with Gasteiger partial charge < -0.3 is 14.9 Å². The molecule has 18 heavy (non-hydrogen) atoms. The minimum absolute atomic E-state index is 0.304. The standard InChI is InChI=1S/C13H12ClNO3/c1-2-17-12(16)7-11(15)9-5-8-3-4-18-13(8)10(14)6-9/h3-7H,2,15H2,1H3. The van der Waals surface area contributed by atoms with Crippen molar-refractivity contribution in [2.75, 3.05) is 6.61 Å². The highest BCUT2D eigenvalue weighted by molar-refractivity contribution is 6.35. The number of rotatable bonds is 3. The van der Waals surface area contributed by atoms with Gasteiger partial charge in [-0.15, -0.1) is 0 Å². The predicted octanol–water partition coefficient (Wildman–Crippen LogP) is 2.95. The Balaban J connectivity index is 2.38. The van der Waals surface area contributed by atoms with Crippen molar-refractivity contribution in [3.8, 4) is 0 Å². The van der Waals surface area contributed by atoms with E-state index in [0.29, 0.717) is 28.5 Å². The van der Waals surface area contributed by atoms with E-state index in [-0.39, 0.29) is 0 Å². The highest BCUT2D eigenvalue weighted by atomic mass is 35.5. The van der Waals surface area contributed by atoms with Crippen LogP contribution in [0.2, 0.25) is 5.02 Å². The van der Waals surface area contributed by atoms with Gasteiger partial charge in [-0.2, -0.15) is 0 Å². The quantitative estimate of drug-likeness (QED) is 0.684. The molecule has 0 unspecified atom stereocenters. The molecule has 2 N–H and O–H groups in total. The Bertz CT molecular complexity index is 616. The number of carbonyl (C=O) groups is 1. The Hall–Kier alpha value is -1.94. The van der Waals surface area contributed by atoms with Gasteiger partial charge in [-0.3, -0.25) is 0 Å². The van der Waals surface area contributed by atoms with E-state index in [1.165, 1.54) is 6.08 Å². The number of hydrogen-bond donors (Lipinski definition) is 1. The number of carbonyl (C=O) groups excluding carboxylic acids is 1. The third-order valence-corrected chi connectivity index (χ3v) is 2.68. The van der Waals surface area contributed by atoms with Gasteiger partial charge in [0.15, 0.2) is 5.58 Å². The number of halogens is 1. The van der Waals surface area contributed by atoms with E-state index < -0.39 is 5.97 Å². The third kappa shape index (κ3) is 2.49. The summed E-state index contributed by atoms with van der Waals surface area (Å²) in [7, 11) is 0. The van der Waals surface area contributed by atoms with E-state index in [0.717, 1.165) is 5.39 Å². The number of ether oxygens (including phenoxy) is 1. The van der Waals surface area contributed by atoms with Gasteiger partial charge in [-0.25, -0.2) is 4.79 Å². The fraction of sp³-hybridized carbons (Fsp3) is 0.154. The molecule has 0 aliphatic carbocycles. The molecule has 0 aliphatic rings. The molecule has 1 aromatic heterocycles. The molecule has 0 saturated heterocycles. The van der Waals surface area contributed by atoms with Crippen molar-refractivity contribution >= 4 is 34.2 Å². The van der Waals surface area contributed by atoms with Crippen LogP contribution in [0.1, 0.15) is 12.5 Å². The molecular formula is C13H12ClNO3. The van der Waals surface area contributed by atoms with Crippen LogP contribution in [-0.4, -0.2) is 12.6 Å². The third-order valence-electron chi connectivity index (χ3n) is 2.40. The van der Waals surface area contributed by atoms with Crippen molar-refractivity contribution in [1.29, 1.82) is 0 Å². The van der Waals surface area contributed by atoms with E-state index in [1.54, 1.807) is 31.4 Å². The summed E-state index contributed by atoms with van der Waals surface area (Å²) in [5.41, 5.74) is 7.39. The number of furan rings is 1. The summed E-state index contributed by atoms with van der Waals surface area (Å²) in [6.07, 6.45) is 2.78. The van der Waals surface area contributed by atoms with Crippen LogP contribution in [0.25, 0.3) is 16.7 Å². The average molecular weight is 266 g/mol. The number of fused-ring (bicyclic) bond motifs is 1. The summed E-state index contributed by atoms with van der Waals surface area (Å²) >= 11 is 6.05. The molecule has 0 radical (unpaired) electrons. The molecule has 0 saturated carbocycles. The molecular weight excluding hydrogens is 254 g/mol. The average Bonchev–Trinajstić information content (AvgIpc) is 2.77. The van der Waals surface area contributed by atoms with Crippen molar-refractivity contribution in [3.05, 3.63) is 41.1 Å². The predicted molar refractivity (Wildman–Crippen MR) is 70.0 cm³/mol. The lowest BCUT2D eigenvalue weighted by atomic mass is 10.1. The number of esters is 1. The molecule has 0 bridgehead atoms. The minimum atomic E-state index is -0.474. The number of benzene rings is 1. The maximum Gasteiger partial charge on any atom is 0.332 e. The fourth-order valence-corrected chi connectivity index (χ4v) is 1.87. The van der Waals surface area contributed by atoms with Gasteiger partial charge in [-0.05, 0) is 30.7 Å². The molecule has 0 fully saturated rings. The van der Waals surface area contributed by atoms with Crippen LogP contribution in [0.4, 0.5) is 0 Å². The highest BCUT2D eigenvalue weighted by Gasteiger charge is 2.08. The Morgan fingerprint density at radius 3 is 3.06 bits per heavy atom. The minimum Gasteiger partial charge on any atom is -0.463 e. The maximum absolute atomic E-state index is 11.3. The molecule has 4 nitrogen and oxygen atoms in total. The lowest BCUT2D eigenvalue weighted by Gasteiger charge is -2.03. The van der Waals surface area contributed by atoms with Gasteiger partial charge >= 0.3 is 5.97 Å². The molecule has 1 aromatic carbocycles. The van der Waals surface area contributed by atoms with Gasteiger partial charge in [0.2, 0.25) is 0 Å². The van der Waals surface area contributed by atoms with Crippen LogP contribution >= 0.6 is 11.6 Å². The zero-order valence-corrected chi connectivity index (χ0v) is 10.5. The molecule has 2 rings (SSSR count). The first-order valence-electron chi connectivity index (χ1n) is 5.43. The number of hydrogen-bond acceptors (Lipinski definition) is 4. The largest absolute Gasteiger partial charge is 0.463 e. The maximum atomic E-state index is 11.3. The van der Waals surface area contributed by atoms with Gasteiger partial charge in [0.25, 0.3) is 0 Å². The molecule has 0 aliphatic heterocycles. The summed E-state index contributed by atoms with van der Waals surface area (Å²) in [6, 6.07) is 5.23. The van der Waals surface area contributed by atoms with Crippen LogP contribution in [0.3, 0.4) is 0 Å². The fourth-order valence-electron chi connectivity index (χ4n) is 1.60. The summed E-state index contributed by atoms with van der Waals surface area (Å²) in [5, 5.41) is 1.28. The zero-order chi connectivity index (χ0) is 13.1. The van der Waals surface area contributed by atoms with Crippen LogP contribution < -0.4 is 5.73 Å². The van der Waals surface area contributed by atoms with Gasteiger partial charge in [0, 0.05) is 17.2 Å². The molecule has 1 heterocycles. The molecule has 94 valence electrons. The van der Waals surface area contributed by atoms with Gasteiger partial charge in [0.05, 0.1) is 17.9 Å². The lowest BCUT2D eigenvalue weighted by Crippen LogP contribution is -2.05. The topological polar surface area (TPSA) is 65.5 Å². The van der Waals surface area contributed by atoms with Crippen molar-refractivity contribution < 1.29 is 13.9 Å². The SMILES string of the molecule is CCOC(=O)C=C(N)c1cc(Cl)c2occc2c1. The van der Waals surface area contributed by atoms with E-state index in [4.69, 9.17) is 26.5 Å². The first-order chi connectivity index (χ1) is 8.61. The molecule has 0 atom stereocenters. The van der Waals surface area contributed by atoms with E-state index in [9.17, 15) is 4.79 Å². The zero-order valence-electron chi connectivity index (χ0n) is 9.77. The molecule has 5 heteroatoms. The molecule has 0 amide bonds. The van der Waals surface area contributed by atoms with Crippen LogP contribution in [0, 0.1) is 0 Å². The van der Waals surface area contributed by atoms with E-state index in [2.05, 4.69) is 0 Å². The van der Waals surface area contributed by atoms with Crippen molar-refractivity contribution in [3.63, 3.8) is 0 Å². The summed E-state index contributed by atoms with van der Waals surface area (Å²) in [6.45, 7) is 2.04. The van der Waals surface area contributed by atoms with Crippen LogP contribution in [0.5, 0.6) is 0 Å². The van der Waals surface area contributed by atoms with Gasteiger partial charge in [0.1, 0.15) is 0 Å². The van der Waals surface area contributed by atoms with Crippen LogP contribution in [-0.2, 0) is 9.53 Å². The second-order valence-corrected chi connectivity index (χ2v) is 4.06. The monoisotopic (exact) mass is 265 g/mol. The lowest BCUT2D eigenvalue weighted by molar-refractivity contribution is -0.137. The normalized spacial score (nSPS) is 11.8. The van der Waals surface area contributed by atoms with Crippen molar-refractivity contribution in [2.45, 2.75) is 6.92 Å². The number of nitrogens with two attached hydrogens (primary N) is 1. The van der Waals surface area contributed by atoms with Crippen molar-refractivity contribution in [1.82, 2.24) is 0 Å². The second-order valence-electron chi connectivity index (χ2n) is 3.65. The Morgan fingerprint density at radius 1 is 1.56 bits per heavy atom. The second kappa shape index (κ2) is 5.14. The highest BCUT2D eigenvalue weighted by Crippen LogP contribution is 2.28. The molecule has 0 spiro atoms. The van der Waals surface area contributed by atoms with E-state index >= 15 is 0 Å². The Labute approximate surface area is 109 Å².